The molecule has 1 amide bonds. The number of amides is 1. The van der Waals surface area contributed by atoms with Gasteiger partial charge >= 0.3 is 0 Å². The molecule has 0 aromatic carbocycles. The Labute approximate surface area is 196 Å². The molecule has 8 atom stereocenters. The van der Waals surface area contributed by atoms with Crippen LogP contribution >= 0.6 is 0 Å². The van der Waals surface area contributed by atoms with Crippen LogP contribution < -0.4 is 5.32 Å². The van der Waals surface area contributed by atoms with E-state index in [1.54, 1.807) is 13.2 Å². The third-order valence-corrected chi connectivity index (χ3v) is 9.84. The molecule has 4 aliphatic carbocycles. The summed E-state index contributed by atoms with van der Waals surface area (Å²) in [6, 6.07) is 3.55. The summed E-state index contributed by atoms with van der Waals surface area (Å²) in [5, 5.41) is 22.9. The number of carbonyl (C=O) groups excluding carboxylic acids is 1. The molecule has 5 rings (SSSR count). The van der Waals surface area contributed by atoms with Crippen molar-refractivity contribution in [3.05, 3.63) is 18.0 Å². The Morgan fingerprint density at radius 1 is 1.21 bits per heavy atom. The molecule has 7 nitrogen and oxygen atoms in total. The number of methoxy groups -OCH3 is 1. The summed E-state index contributed by atoms with van der Waals surface area (Å²) in [6.45, 7) is 2.78. The first-order valence-electron chi connectivity index (χ1n) is 12.6. The van der Waals surface area contributed by atoms with E-state index in [-0.39, 0.29) is 28.9 Å². The molecule has 0 radical (unpaired) electrons. The van der Waals surface area contributed by atoms with E-state index in [4.69, 9.17) is 10.00 Å². The molecular weight excluding hydrogens is 416 g/mol. The van der Waals surface area contributed by atoms with Crippen LogP contribution in [0.4, 0.5) is 5.95 Å². The van der Waals surface area contributed by atoms with E-state index in [0.717, 1.165) is 44.4 Å². The lowest BCUT2D eigenvalue weighted by Crippen LogP contribution is -2.52. The topological polar surface area (TPSA) is 108 Å². The van der Waals surface area contributed by atoms with E-state index in [1.165, 1.54) is 25.5 Å². The average Bonchev–Trinajstić information content (AvgIpc) is 3.16. The monoisotopic (exact) mass is 452 g/mol. The zero-order valence-corrected chi connectivity index (χ0v) is 19.8. The van der Waals surface area contributed by atoms with Crippen LogP contribution in [0, 0.1) is 52.3 Å². The zero-order valence-electron chi connectivity index (χ0n) is 19.8. The van der Waals surface area contributed by atoms with E-state index in [9.17, 15) is 9.90 Å². The van der Waals surface area contributed by atoms with Crippen molar-refractivity contribution < 1.29 is 14.6 Å². The van der Waals surface area contributed by atoms with Gasteiger partial charge in [0.15, 0.2) is 0 Å². The van der Waals surface area contributed by atoms with Crippen molar-refractivity contribution in [3.63, 3.8) is 0 Å². The molecule has 0 aliphatic heterocycles. The van der Waals surface area contributed by atoms with Crippen molar-refractivity contribution in [2.24, 2.45) is 40.9 Å². The van der Waals surface area contributed by atoms with Crippen molar-refractivity contribution in [2.75, 3.05) is 19.0 Å². The van der Waals surface area contributed by atoms with Gasteiger partial charge in [0.2, 0.25) is 11.9 Å². The largest absolute Gasteiger partial charge is 0.387 e. The van der Waals surface area contributed by atoms with Gasteiger partial charge in [0.05, 0.1) is 12.2 Å². The number of hydrogen-bond donors (Lipinski definition) is 2. The van der Waals surface area contributed by atoms with E-state index in [1.807, 2.05) is 6.07 Å². The fourth-order valence-electron chi connectivity index (χ4n) is 8.47. The van der Waals surface area contributed by atoms with Gasteiger partial charge in [-0.05, 0) is 98.9 Å². The average molecular weight is 453 g/mol. The SMILES string of the molecule is COC[C@@]1(O)CC[C@H]2[C@H](CC[C@@H]3[C@@H]2CC[C@]2(C)[C@@H](C(=O)Nc4nccc(C#N)n4)CC[C@@H]32)C1. The Morgan fingerprint density at radius 3 is 2.82 bits per heavy atom. The van der Waals surface area contributed by atoms with Gasteiger partial charge in [-0.1, -0.05) is 6.92 Å². The Hall–Kier alpha value is -2.04. The Balaban J connectivity index is 1.28. The summed E-state index contributed by atoms with van der Waals surface area (Å²) in [6.07, 6.45) is 11.0. The summed E-state index contributed by atoms with van der Waals surface area (Å²) >= 11 is 0. The minimum absolute atomic E-state index is 0.00419. The minimum Gasteiger partial charge on any atom is -0.387 e. The van der Waals surface area contributed by atoms with Crippen LogP contribution in [0.25, 0.3) is 0 Å². The summed E-state index contributed by atoms with van der Waals surface area (Å²) < 4.78 is 5.32. The smallest absolute Gasteiger partial charge is 0.230 e. The maximum absolute atomic E-state index is 13.3. The highest BCUT2D eigenvalue weighted by molar-refractivity contribution is 5.91. The number of hydrogen-bond acceptors (Lipinski definition) is 6. The maximum atomic E-state index is 13.3. The van der Waals surface area contributed by atoms with Crippen molar-refractivity contribution in [1.29, 1.82) is 5.26 Å². The number of anilines is 1. The zero-order chi connectivity index (χ0) is 23.2. The third kappa shape index (κ3) is 3.95. The highest BCUT2D eigenvalue weighted by atomic mass is 16.5. The molecule has 0 saturated heterocycles. The van der Waals surface area contributed by atoms with Gasteiger partial charge in [-0.25, -0.2) is 9.97 Å². The molecule has 4 fully saturated rings. The van der Waals surface area contributed by atoms with Crippen LogP contribution in [0.2, 0.25) is 0 Å². The molecule has 4 saturated carbocycles. The quantitative estimate of drug-likeness (QED) is 0.716. The lowest BCUT2D eigenvalue weighted by Gasteiger charge is -2.57. The molecule has 0 bridgehead atoms. The summed E-state index contributed by atoms with van der Waals surface area (Å²) in [4.78, 5) is 21.6. The Kier molecular flexibility index (Phi) is 5.95. The van der Waals surface area contributed by atoms with Gasteiger partial charge in [-0.15, -0.1) is 0 Å². The van der Waals surface area contributed by atoms with Gasteiger partial charge < -0.3 is 9.84 Å². The number of carbonyl (C=O) groups is 1. The number of nitriles is 1. The van der Waals surface area contributed by atoms with E-state index in [0.29, 0.717) is 30.3 Å². The fourth-order valence-corrected chi connectivity index (χ4v) is 8.47. The first-order chi connectivity index (χ1) is 15.9. The molecule has 1 aromatic rings. The number of aliphatic hydroxyl groups is 1. The fraction of sp³-hybridized carbons (Fsp3) is 0.769. The van der Waals surface area contributed by atoms with Crippen LogP contribution in [-0.2, 0) is 9.53 Å². The predicted molar refractivity (Wildman–Crippen MR) is 123 cm³/mol. The third-order valence-electron chi connectivity index (χ3n) is 9.84. The Bertz CT molecular complexity index is 948. The van der Waals surface area contributed by atoms with Crippen LogP contribution in [0.1, 0.15) is 70.4 Å². The molecule has 33 heavy (non-hydrogen) atoms. The molecule has 2 N–H and O–H groups in total. The van der Waals surface area contributed by atoms with Crippen LogP contribution in [0.3, 0.4) is 0 Å². The standard InChI is InChI=1S/C26H36N4O3/c1-25-10-7-19-18-8-11-26(32,15-33-2)13-16(18)3-4-20(19)21(25)5-6-22(25)23(31)30-24-28-12-9-17(14-27)29-24/h9,12,16,18-22,32H,3-8,10-11,13,15H2,1-2H3,(H,28,29,30,31)/t16-,18+,19-,20-,21+,22-,25+,26-/m1/s1. The molecule has 7 heteroatoms. The van der Waals surface area contributed by atoms with Crippen molar-refractivity contribution >= 4 is 11.9 Å². The highest BCUT2D eigenvalue weighted by Gasteiger charge is 2.59. The van der Waals surface area contributed by atoms with Gasteiger partial charge in [0.1, 0.15) is 11.8 Å². The Morgan fingerprint density at radius 2 is 2.03 bits per heavy atom. The highest BCUT2D eigenvalue weighted by Crippen LogP contribution is 2.64. The molecule has 0 unspecified atom stereocenters. The number of ether oxygens (including phenoxy) is 1. The van der Waals surface area contributed by atoms with Gasteiger partial charge in [-0.2, -0.15) is 5.26 Å². The van der Waals surface area contributed by atoms with E-state index >= 15 is 0 Å². The van der Waals surface area contributed by atoms with Crippen LogP contribution in [0.15, 0.2) is 12.3 Å². The van der Waals surface area contributed by atoms with Crippen LogP contribution in [-0.4, -0.2) is 40.3 Å². The molecule has 1 heterocycles. The first kappa shape index (κ1) is 22.7. The summed E-state index contributed by atoms with van der Waals surface area (Å²) in [5.74, 6) is 3.51. The van der Waals surface area contributed by atoms with Gasteiger partial charge in [-0.3, -0.25) is 10.1 Å². The van der Waals surface area contributed by atoms with E-state index < -0.39 is 5.60 Å². The van der Waals surface area contributed by atoms with Gasteiger partial charge in [0.25, 0.3) is 0 Å². The molecule has 1 aromatic heterocycles. The lowest BCUT2D eigenvalue weighted by atomic mass is 9.49. The number of nitrogens with one attached hydrogen (secondary N) is 1. The minimum atomic E-state index is -0.645. The van der Waals surface area contributed by atoms with Crippen molar-refractivity contribution in [2.45, 2.75) is 70.3 Å². The second-order valence-electron chi connectivity index (χ2n) is 11.4. The number of rotatable bonds is 4. The molecular formula is C26H36N4O3. The normalized spacial score (nSPS) is 41.9. The van der Waals surface area contributed by atoms with Crippen molar-refractivity contribution in [3.8, 4) is 6.07 Å². The molecule has 0 spiro atoms. The second-order valence-corrected chi connectivity index (χ2v) is 11.4. The number of fused-ring (bicyclic) bond motifs is 5. The number of aromatic nitrogens is 2. The number of nitrogens with zero attached hydrogens (tertiary/aromatic N) is 3. The van der Waals surface area contributed by atoms with Crippen LogP contribution in [0.5, 0.6) is 0 Å². The second kappa shape index (κ2) is 8.63. The van der Waals surface area contributed by atoms with E-state index in [2.05, 4.69) is 22.2 Å². The lowest BCUT2D eigenvalue weighted by molar-refractivity contribution is -0.134. The summed E-state index contributed by atoms with van der Waals surface area (Å²) in [7, 11) is 1.68. The molecule has 4 aliphatic rings. The maximum Gasteiger partial charge on any atom is 0.230 e. The first-order valence-corrected chi connectivity index (χ1v) is 12.6. The summed E-state index contributed by atoms with van der Waals surface area (Å²) in [5.41, 5.74) is -0.373. The van der Waals surface area contributed by atoms with Crippen molar-refractivity contribution in [1.82, 2.24) is 9.97 Å². The molecule has 178 valence electrons. The van der Waals surface area contributed by atoms with Gasteiger partial charge in [0, 0.05) is 19.2 Å². The predicted octanol–water partition coefficient (Wildman–Crippen LogP) is 3.93.